The number of aromatic nitrogens is 4. The molecule has 114 valence electrons. The highest BCUT2D eigenvalue weighted by atomic mass is 32.2. The summed E-state index contributed by atoms with van der Waals surface area (Å²) in [6.45, 7) is 1.60. The Morgan fingerprint density at radius 1 is 1.27 bits per heavy atom. The van der Waals surface area contributed by atoms with Gasteiger partial charge in [0.15, 0.2) is 5.16 Å². The predicted molar refractivity (Wildman–Crippen MR) is 86.4 cm³/mol. The Morgan fingerprint density at radius 2 is 2.05 bits per heavy atom. The van der Waals surface area contributed by atoms with Crippen LogP contribution in [0.4, 0.5) is 0 Å². The van der Waals surface area contributed by atoms with Crippen LogP contribution in [-0.2, 0) is 11.8 Å². The molecule has 22 heavy (non-hydrogen) atoms. The Morgan fingerprint density at radius 3 is 2.82 bits per heavy atom. The molecule has 1 aromatic carbocycles. The van der Waals surface area contributed by atoms with E-state index in [0.29, 0.717) is 17.6 Å². The van der Waals surface area contributed by atoms with Gasteiger partial charge in [0.05, 0.1) is 10.9 Å². The summed E-state index contributed by atoms with van der Waals surface area (Å²) in [6.07, 6.45) is 1.38. The minimum atomic E-state index is -0.0800. The third kappa shape index (κ3) is 2.52. The second kappa shape index (κ2) is 5.92. The Kier molecular flexibility index (Phi) is 3.98. The number of ketones is 1. The van der Waals surface area contributed by atoms with Crippen LogP contribution in [0.2, 0.25) is 0 Å². The molecule has 0 unspecified atom stereocenters. The number of aryl methyl sites for hydroxylation is 1. The number of hydrogen-bond acceptors (Lipinski definition) is 5. The Balaban J connectivity index is 2.06. The maximum atomic E-state index is 12.3. The first kappa shape index (κ1) is 14.8. The fourth-order valence-corrected chi connectivity index (χ4v) is 3.27. The molecule has 7 heteroatoms. The Hall–Kier alpha value is -2.15. The first-order valence-corrected chi connectivity index (χ1v) is 8.03. The molecule has 0 aliphatic carbocycles. The second-order valence-electron chi connectivity index (χ2n) is 5.15. The topological polar surface area (TPSA) is 69.3 Å². The fourth-order valence-electron chi connectivity index (χ4n) is 2.39. The summed E-state index contributed by atoms with van der Waals surface area (Å²) >= 11 is 1.55. The van der Waals surface area contributed by atoms with Crippen LogP contribution in [-0.4, -0.2) is 30.7 Å². The maximum absolute atomic E-state index is 12.3. The largest absolute Gasteiger partial charge is 0.300 e. The lowest BCUT2D eigenvalue weighted by atomic mass is 10.2. The summed E-state index contributed by atoms with van der Waals surface area (Å²) in [4.78, 5) is 23.3. The van der Waals surface area contributed by atoms with E-state index < -0.39 is 0 Å². The van der Waals surface area contributed by atoms with Crippen LogP contribution >= 0.6 is 11.8 Å². The maximum Gasteiger partial charge on any atom is 0.262 e. The van der Waals surface area contributed by atoms with Crippen molar-refractivity contribution in [1.82, 2.24) is 19.2 Å². The van der Waals surface area contributed by atoms with Crippen LogP contribution in [0.3, 0.4) is 0 Å². The molecule has 2 aromatic heterocycles. The number of rotatable bonds is 5. The summed E-state index contributed by atoms with van der Waals surface area (Å²) in [7, 11) is 1.70. The van der Waals surface area contributed by atoms with E-state index in [1.165, 1.54) is 4.57 Å². The molecule has 0 radical (unpaired) electrons. The molecule has 0 bridgehead atoms. The lowest BCUT2D eigenvalue weighted by Gasteiger charge is -2.07. The van der Waals surface area contributed by atoms with E-state index >= 15 is 0 Å². The molecule has 0 amide bonds. The molecule has 0 saturated carbocycles. The first-order valence-electron chi connectivity index (χ1n) is 7.04. The van der Waals surface area contributed by atoms with Crippen LogP contribution in [0.5, 0.6) is 0 Å². The molecule has 0 fully saturated rings. The summed E-state index contributed by atoms with van der Waals surface area (Å²) in [6, 6.07) is 7.44. The SMILES string of the molecule is CC(=O)CCCSc1nnc2n(C)c(=O)c3ccccc3n12. The first-order chi connectivity index (χ1) is 10.6. The van der Waals surface area contributed by atoms with E-state index in [1.54, 1.807) is 31.8 Å². The summed E-state index contributed by atoms with van der Waals surface area (Å²) in [5.41, 5.74) is 0.725. The predicted octanol–water partition coefficient (Wildman–Crippen LogP) is 2.04. The zero-order valence-corrected chi connectivity index (χ0v) is 13.3. The monoisotopic (exact) mass is 316 g/mol. The zero-order chi connectivity index (χ0) is 15.7. The van der Waals surface area contributed by atoms with Gasteiger partial charge in [-0.25, -0.2) is 0 Å². The Bertz CT molecular complexity index is 913. The van der Waals surface area contributed by atoms with Crippen molar-refractivity contribution in [3.8, 4) is 0 Å². The van der Waals surface area contributed by atoms with E-state index in [0.717, 1.165) is 22.8 Å². The van der Waals surface area contributed by atoms with Gasteiger partial charge in [0, 0.05) is 19.2 Å². The third-order valence-corrected chi connectivity index (χ3v) is 4.52. The van der Waals surface area contributed by atoms with Gasteiger partial charge < -0.3 is 4.79 Å². The molecular weight excluding hydrogens is 300 g/mol. The van der Waals surface area contributed by atoms with Crippen molar-refractivity contribution in [3.05, 3.63) is 34.6 Å². The molecule has 0 atom stereocenters. The molecule has 0 N–H and O–H groups in total. The molecule has 0 saturated heterocycles. The molecule has 6 nitrogen and oxygen atoms in total. The van der Waals surface area contributed by atoms with Crippen molar-refractivity contribution in [2.45, 2.75) is 24.9 Å². The molecule has 0 spiro atoms. The van der Waals surface area contributed by atoms with Crippen LogP contribution < -0.4 is 5.56 Å². The summed E-state index contributed by atoms with van der Waals surface area (Å²) < 4.78 is 3.41. The molecule has 2 heterocycles. The van der Waals surface area contributed by atoms with Crippen molar-refractivity contribution in [1.29, 1.82) is 0 Å². The van der Waals surface area contributed by atoms with Gasteiger partial charge in [0.25, 0.3) is 5.56 Å². The number of fused-ring (bicyclic) bond motifs is 3. The van der Waals surface area contributed by atoms with Crippen molar-refractivity contribution in [2.75, 3.05) is 5.75 Å². The van der Waals surface area contributed by atoms with Gasteiger partial charge in [-0.05, 0) is 25.5 Å². The number of hydrogen-bond donors (Lipinski definition) is 0. The van der Waals surface area contributed by atoms with Crippen LogP contribution in [0.15, 0.2) is 34.2 Å². The number of thioether (sulfide) groups is 1. The highest BCUT2D eigenvalue weighted by Crippen LogP contribution is 2.21. The van der Waals surface area contributed by atoms with Crippen molar-refractivity contribution in [3.63, 3.8) is 0 Å². The molecular formula is C15H16N4O2S. The van der Waals surface area contributed by atoms with Crippen LogP contribution in [0.25, 0.3) is 16.7 Å². The lowest BCUT2D eigenvalue weighted by Crippen LogP contribution is -2.20. The second-order valence-corrected chi connectivity index (χ2v) is 6.22. The number of carbonyl (C=O) groups is 1. The van der Waals surface area contributed by atoms with Gasteiger partial charge in [-0.3, -0.25) is 13.8 Å². The number of benzene rings is 1. The minimum absolute atomic E-state index is 0.0800. The highest BCUT2D eigenvalue weighted by molar-refractivity contribution is 7.99. The van der Waals surface area contributed by atoms with Gasteiger partial charge in [0.1, 0.15) is 5.78 Å². The van der Waals surface area contributed by atoms with Crippen LogP contribution in [0.1, 0.15) is 19.8 Å². The minimum Gasteiger partial charge on any atom is -0.300 e. The standard InChI is InChI=1S/C15H16N4O2S/c1-10(20)6-5-9-22-15-17-16-14-18(2)13(21)11-7-3-4-8-12(11)19(14)15/h3-4,7-8H,5-6,9H2,1-2H3. The average Bonchev–Trinajstić information content (AvgIpc) is 2.93. The van der Waals surface area contributed by atoms with Gasteiger partial charge in [-0.2, -0.15) is 0 Å². The third-order valence-electron chi connectivity index (χ3n) is 3.50. The van der Waals surface area contributed by atoms with Gasteiger partial charge in [-0.1, -0.05) is 23.9 Å². The number of nitrogens with zero attached hydrogens (tertiary/aromatic N) is 4. The lowest BCUT2D eigenvalue weighted by molar-refractivity contribution is -0.117. The van der Waals surface area contributed by atoms with E-state index in [2.05, 4.69) is 10.2 Å². The normalized spacial score (nSPS) is 11.4. The smallest absolute Gasteiger partial charge is 0.262 e. The molecule has 0 aliphatic heterocycles. The summed E-state index contributed by atoms with van der Waals surface area (Å²) in [5.74, 6) is 1.51. The summed E-state index contributed by atoms with van der Waals surface area (Å²) in [5, 5.41) is 9.71. The number of para-hydroxylation sites is 1. The van der Waals surface area contributed by atoms with Crippen molar-refractivity contribution < 1.29 is 4.79 Å². The van der Waals surface area contributed by atoms with Crippen LogP contribution in [0, 0.1) is 0 Å². The van der Waals surface area contributed by atoms with Crippen molar-refractivity contribution >= 4 is 34.2 Å². The van der Waals surface area contributed by atoms with E-state index in [1.807, 2.05) is 22.6 Å². The van der Waals surface area contributed by atoms with Gasteiger partial charge >= 0.3 is 0 Å². The fraction of sp³-hybridized carbons (Fsp3) is 0.333. The number of Topliss-reactive ketones (excluding diaryl/α,β-unsaturated/α-hetero) is 1. The van der Waals surface area contributed by atoms with E-state index in [9.17, 15) is 9.59 Å². The van der Waals surface area contributed by atoms with Crippen molar-refractivity contribution in [2.24, 2.45) is 7.05 Å². The molecule has 3 aromatic rings. The van der Waals surface area contributed by atoms with E-state index in [-0.39, 0.29) is 11.3 Å². The molecule has 0 aliphatic rings. The van der Waals surface area contributed by atoms with Gasteiger partial charge in [0.2, 0.25) is 5.78 Å². The quantitative estimate of drug-likeness (QED) is 0.532. The van der Waals surface area contributed by atoms with Gasteiger partial charge in [-0.15, -0.1) is 10.2 Å². The average molecular weight is 316 g/mol. The zero-order valence-electron chi connectivity index (χ0n) is 12.4. The highest BCUT2D eigenvalue weighted by Gasteiger charge is 2.14. The molecule has 3 rings (SSSR count). The number of carbonyl (C=O) groups excluding carboxylic acids is 1. The Labute approximate surface area is 131 Å². The van der Waals surface area contributed by atoms with E-state index in [4.69, 9.17) is 0 Å².